The quantitative estimate of drug-likeness (QED) is 0.513. The molecule has 0 unspecified atom stereocenters. The number of ketones is 1. The number of hydroxylamine groups is 4. The SMILES string of the molecule is CC(=O)N(OC1CCN(O)CC1)[C@@H](C)C(=O)c1ccc(OCC(=O)O)cc1. The van der Waals surface area contributed by atoms with Crippen LogP contribution in [0.25, 0.3) is 0 Å². The first kappa shape index (κ1) is 20.8. The van der Waals surface area contributed by atoms with Gasteiger partial charge in [0.25, 0.3) is 0 Å². The molecule has 1 amide bonds. The normalized spacial score (nSPS) is 16.6. The maximum absolute atomic E-state index is 12.7. The Bertz CT molecular complexity index is 669. The van der Waals surface area contributed by atoms with Crippen molar-refractivity contribution in [2.24, 2.45) is 0 Å². The van der Waals surface area contributed by atoms with E-state index in [0.717, 1.165) is 5.06 Å². The first-order valence-electron chi connectivity index (χ1n) is 8.67. The highest BCUT2D eigenvalue weighted by atomic mass is 16.7. The van der Waals surface area contributed by atoms with Gasteiger partial charge in [0.1, 0.15) is 11.8 Å². The van der Waals surface area contributed by atoms with Crippen molar-refractivity contribution in [3.63, 3.8) is 0 Å². The number of carboxylic acids is 1. The van der Waals surface area contributed by atoms with Gasteiger partial charge in [0.15, 0.2) is 12.4 Å². The molecule has 9 nitrogen and oxygen atoms in total. The molecular formula is C18H24N2O7. The average molecular weight is 380 g/mol. The number of piperidine rings is 1. The number of hydrogen-bond donors (Lipinski definition) is 2. The fourth-order valence-electron chi connectivity index (χ4n) is 2.75. The van der Waals surface area contributed by atoms with Crippen LogP contribution in [0, 0.1) is 0 Å². The number of carbonyl (C=O) groups is 3. The minimum atomic E-state index is -1.09. The minimum absolute atomic E-state index is 0.251. The van der Waals surface area contributed by atoms with Crippen LogP contribution >= 0.6 is 0 Å². The molecule has 1 heterocycles. The van der Waals surface area contributed by atoms with Gasteiger partial charge in [-0.05, 0) is 44.0 Å². The number of aliphatic carboxylic acids is 1. The zero-order valence-corrected chi connectivity index (χ0v) is 15.3. The Morgan fingerprint density at radius 2 is 1.81 bits per heavy atom. The Morgan fingerprint density at radius 3 is 2.33 bits per heavy atom. The smallest absolute Gasteiger partial charge is 0.341 e. The summed E-state index contributed by atoms with van der Waals surface area (Å²) in [7, 11) is 0. The van der Waals surface area contributed by atoms with E-state index in [9.17, 15) is 19.6 Å². The lowest BCUT2D eigenvalue weighted by Gasteiger charge is -2.33. The number of benzene rings is 1. The van der Waals surface area contributed by atoms with Crippen molar-refractivity contribution in [1.82, 2.24) is 10.1 Å². The first-order valence-corrected chi connectivity index (χ1v) is 8.67. The standard InChI is InChI=1S/C18H24N2O7/c1-12(20(13(2)21)27-16-7-9-19(25)10-8-16)18(24)14-3-5-15(6-4-14)26-11-17(22)23/h3-6,12,16,25H,7-11H2,1-2H3,(H,22,23)/t12-/m0/s1. The van der Waals surface area contributed by atoms with Crippen LogP contribution in [0.1, 0.15) is 37.0 Å². The molecule has 0 bridgehead atoms. The Balaban J connectivity index is 2.01. The maximum atomic E-state index is 12.7. The zero-order chi connectivity index (χ0) is 20.0. The van der Waals surface area contributed by atoms with Crippen LogP contribution in [0.3, 0.4) is 0 Å². The zero-order valence-electron chi connectivity index (χ0n) is 15.3. The number of Topliss-reactive ketones (excluding diaryl/α,β-unsaturated/α-hetero) is 1. The molecule has 9 heteroatoms. The third kappa shape index (κ3) is 6.02. The van der Waals surface area contributed by atoms with Crippen molar-refractivity contribution in [3.8, 4) is 5.75 Å². The highest BCUT2D eigenvalue weighted by Gasteiger charge is 2.30. The van der Waals surface area contributed by atoms with Gasteiger partial charge in [-0.2, -0.15) is 5.06 Å². The molecule has 1 fully saturated rings. The number of nitrogens with zero attached hydrogens (tertiary/aromatic N) is 2. The van der Waals surface area contributed by atoms with Gasteiger partial charge in [-0.3, -0.25) is 14.4 Å². The summed E-state index contributed by atoms with van der Waals surface area (Å²) < 4.78 is 5.03. The van der Waals surface area contributed by atoms with Gasteiger partial charge in [0.2, 0.25) is 5.91 Å². The molecule has 1 aromatic rings. The van der Waals surface area contributed by atoms with E-state index >= 15 is 0 Å². The second-order valence-corrected chi connectivity index (χ2v) is 6.35. The summed E-state index contributed by atoms with van der Waals surface area (Å²) in [5.74, 6) is -1.46. The molecule has 1 aliphatic heterocycles. The van der Waals surface area contributed by atoms with Crippen LogP contribution in [-0.4, -0.2) is 69.9 Å². The lowest BCUT2D eigenvalue weighted by atomic mass is 10.0. The van der Waals surface area contributed by atoms with E-state index in [2.05, 4.69) is 0 Å². The second kappa shape index (κ2) is 9.45. The van der Waals surface area contributed by atoms with Crippen molar-refractivity contribution in [2.75, 3.05) is 19.7 Å². The lowest BCUT2D eigenvalue weighted by Crippen LogP contribution is -2.46. The monoisotopic (exact) mass is 380 g/mol. The topological polar surface area (TPSA) is 117 Å². The third-order valence-corrected chi connectivity index (χ3v) is 4.22. The van der Waals surface area contributed by atoms with Gasteiger partial charge in [0, 0.05) is 25.6 Å². The molecule has 2 rings (SSSR count). The highest BCUT2D eigenvalue weighted by Crippen LogP contribution is 2.19. The van der Waals surface area contributed by atoms with Gasteiger partial charge in [-0.15, -0.1) is 0 Å². The van der Waals surface area contributed by atoms with E-state index < -0.39 is 18.6 Å². The summed E-state index contributed by atoms with van der Waals surface area (Å²) >= 11 is 0. The van der Waals surface area contributed by atoms with Crippen LogP contribution in [0.4, 0.5) is 0 Å². The van der Waals surface area contributed by atoms with Crippen molar-refractivity contribution >= 4 is 17.7 Å². The molecule has 0 spiro atoms. The number of ether oxygens (including phenoxy) is 1. The summed E-state index contributed by atoms with van der Waals surface area (Å²) in [6, 6.07) is 5.19. The van der Waals surface area contributed by atoms with E-state index in [0.29, 0.717) is 37.2 Å². The minimum Gasteiger partial charge on any atom is -0.482 e. The molecule has 1 aromatic carbocycles. The fourth-order valence-corrected chi connectivity index (χ4v) is 2.75. The lowest BCUT2D eigenvalue weighted by molar-refractivity contribution is -0.228. The Hall–Kier alpha value is -2.49. The highest BCUT2D eigenvalue weighted by molar-refractivity contribution is 6.01. The van der Waals surface area contributed by atoms with E-state index in [1.807, 2.05) is 0 Å². The summed E-state index contributed by atoms with van der Waals surface area (Å²) in [6.45, 7) is 3.32. The molecule has 27 heavy (non-hydrogen) atoms. The predicted molar refractivity (Wildman–Crippen MR) is 93.4 cm³/mol. The Labute approximate surface area is 157 Å². The molecule has 0 saturated carbocycles. The van der Waals surface area contributed by atoms with Crippen LogP contribution in [0.2, 0.25) is 0 Å². The van der Waals surface area contributed by atoms with Crippen LogP contribution in [-0.2, 0) is 14.4 Å². The summed E-state index contributed by atoms with van der Waals surface area (Å²) in [6.07, 6.45) is 0.854. The predicted octanol–water partition coefficient (Wildman–Crippen LogP) is 1.35. The maximum Gasteiger partial charge on any atom is 0.341 e. The number of carboxylic acid groups (broad SMARTS) is 1. The number of rotatable bonds is 8. The average Bonchev–Trinajstić information content (AvgIpc) is 2.65. The van der Waals surface area contributed by atoms with Crippen molar-refractivity contribution < 1.29 is 34.3 Å². The van der Waals surface area contributed by atoms with Crippen molar-refractivity contribution in [1.29, 1.82) is 0 Å². The largest absolute Gasteiger partial charge is 0.482 e. The van der Waals surface area contributed by atoms with Crippen LogP contribution < -0.4 is 4.74 Å². The van der Waals surface area contributed by atoms with Crippen molar-refractivity contribution in [2.45, 2.75) is 38.8 Å². The third-order valence-electron chi connectivity index (χ3n) is 4.22. The Morgan fingerprint density at radius 1 is 1.22 bits per heavy atom. The second-order valence-electron chi connectivity index (χ2n) is 6.35. The van der Waals surface area contributed by atoms with Crippen LogP contribution in [0.5, 0.6) is 5.75 Å². The van der Waals surface area contributed by atoms with E-state index in [4.69, 9.17) is 14.7 Å². The molecule has 1 atom stereocenters. The number of carbonyl (C=O) groups excluding carboxylic acids is 2. The van der Waals surface area contributed by atoms with E-state index in [1.165, 1.54) is 36.3 Å². The summed E-state index contributed by atoms with van der Waals surface area (Å²) in [5.41, 5.74) is 0.352. The summed E-state index contributed by atoms with van der Waals surface area (Å²) in [4.78, 5) is 40.9. The van der Waals surface area contributed by atoms with Gasteiger partial charge in [-0.1, -0.05) is 0 Å². The van der Waals surface area contributed by atoms with Gasteiger partial charge >= 0.3 is 5.97 Å². The molecule has 0 aromatic heterocycles. The van der Waals surface area contributed by atoms with Gasteiger partial charge < -0.3 is 15.1 Å². The molecule has 0 aliphatic carbocycles. The molecule has 1 aliphatic rings. The van der Waals surface area contributed by atoms with E-state index in [-0.39, 0.29) is 17.8 Å². The first-order chi connectivity index (χ1) is 12.8. The number of amides is 1. The van der Waals surface area contributed by atoms with E-state index in [1.54, 1.807) is 6.92 Å². The van der Waals surface area contributed by atoms with Gasteiger partial charge in [0.05, 0.1) is 6.10 Å². The fraction of sp³-hybridized carbons (Fsp3) is 0.500. The molecule has 1 saturated heterocycles. The molecule has 0 radical (unpaired) electrons. The summed E-state index contributed by atoms with van der Waals surface area (Å²) in [5, 5.41) is 20.3. The number of hydrogen-bond acceptors (Lipinski definition) is 7. The van der Waals surface area contributed by atoms with Crippen LogP contribution in [0.15, 0.2) is 24.3 Å². The van der Waals surface area contributed by atoms with Gasteiger partial charge in [-0.25, -0.2) is 9.86 Å². The Kier molecular flexibility index (Phi) is 7.28. The molecular weight excluding hydrogens is 356 g/mol. The molecule has 2 N–H and O–H groups in total. The van der Waals surface area contributed by atoms with Crippen molar-refractivity contribution in [3.05, 3.63) is 29.8 Å². The molecule has 148 valence electrons.